The summed E-state index contributed by atoms with van der Waals surface area (Å²) in [5.41, 5.74) is 3.03. The molecule has 1 aromatic carbocycles. The normalized spacial score (nSPS) is 23.3. The molecule has 0 N–H and O–H groups in total. The first-order valence-electron chi connectivity index (χ1n) is 9.75. The van der Waals surface area contributed by atoms with Crippen LogP contribution in [-0.2, 0) is 11.3 Å². The first-order chi connectivity index (χ1) is 12.3. The number of hydrogen-bond acceptors (Lipinski definition) is 4. The van der Waals surface area contributed by atoms with E-state index in [1.165, 1.54) is 49.7 Å². The van der Waals surface area contributed by atoms with Gasteiger partial charge < -0.3 is 9.64 Å². The van der Waals surface area contributed by atoms with Crippen LogP contribution in [0.5, 0.6) is 0 Å². The van der Waals surface area contributed by atoms with Crippen molar-refractivity contribution in [2.75, 3.05) is 44.3 Å². The quantitative estimate of drug-likeness (QED) is 0.858. The van der Waals surface area contributed by atoms with Crippen LogP contribution < -0.4 is 4.90 Å². The summed E-state index contributed by atoms with van der Waals surface area (Å²) in [6.45, 7) is 7.71. The highest BCUT2D eigenvalue weighted by atomic mass is 16.5. The first-order valence-corrected chi connectivity index (χ1v) is 9.75. The summed E-state index contributed by atoms with van der Waals surface area (Å²) >= 11 is 0. The van der Waals surface area contributed by atoms with Crippen LogP contribution in [0.3, 0.4) is 0 Å². The van der Waals surface area contributed by atoms with Gasteiger partial charge in [0.05, 0.1) is 5.52 Å². The number of hydrogen-bond donors (Lipinski definition) is 0. The van der Waals surface area contributed by atoms with Crippen molar-refractivity contribution < 1.29 is 4.74 Å². The summed E-state index contributed by atoms with van der Waals surface area (Å²) in [4.78, 5) is 9.91. The Morgan fingerprint density at radius 2 is 1.80 bits per heavy atom. The number of benzene rings is 1. The molecule has 3 aliphatic rings. The molecule has 0 atom stereocenters. The summed E-state index contributed by atoms with van der Waals surface area (Å²) < 4.78 is 5.52. The molecule has 0 saturated carbocycles. The van der Waals surface area contributed by atoms with Crippen LogP contribution in [0.15, 0.2) is 30.3 Å². The maximum absolute atomic E-state index is 5.52. The molecule has 132 valence electrons. The zero-order chi connectivity index (χ0) is 16.7. The first kappa shape index (κ1) is 15.6. The van der Waals surface area contributed by atoms with Crippen molar-refractivity contribution in [2.45, 2.75) is 32.2 Å². The van der Waals surface area contributed by atoms with Crippen molar-refractivity contribution in [2.24, 2.45) is 5.41 Å². The average molecular weight is 337 g/mol. The lowest BCUT2D eigenvalue weighted by Crippen LogP contribution is -2.58. The Morgan fingerprint density at radius 1 is 1.00 bits per heavy atom. The monoisotopic (exact) mass is 337 g/mol. The number of ether oxygens (including phenoxy) is 1. The van der Waals surface area contributed by atoms with E-state index in [-0.39, 0.29) is 0 Å². The van der Waals surface area contributed by atoms with E-state index in [1.807, 2.05) is 0 Å². The fourth-order valence-electron chi connectivity index (χ4n) is 4.68. The molecule has 0 bridgehead atoms. The summed E-state index contributed by atoms with van der Waals surface area (Å²) in [5, 5.41) is 1.27. The molecule has 4 heterocycles. The number of nitrogens with zero attached hydrogens (tertiary/aromatic N) is 3. The maximum atomic E-state index is 5.52. The third-order valence-electron chi connectivity index (χ3n) is 6.27. The van der Waals surface area contributed by atoms with E-state index < -0.39 is 0 Å². The molecule has 3 saturated heterocycles. The van der Waals surface area contributed by atoms with Crippen LogP contribution in [0.4, 0.5) is 5.82 Å². The molecular weight excluding hydrogens is 310 g/mol. The largest absolute Gasteiger partial charge is 0.381 e. The Morgan fingerprint density at radius 3 is 2.60 bits per heavy atom. The molecule has 4 heteroatoms. The molecule has 0 aliphatic carbocycles. The van der Waals surface area contributed by atoms with Crippen LogP contribution in [0.25, 0.3) is 10.9 Å². The Balaban J connectivity index is 1.30. The molecule has 5 rings (SSSR count). The molecule has 3 aliphatic heterocycles. The summed E-state index contributed by atoms with van der Waals surface area (Å²) in [7, 11) is 0. The van der Waals surface area contributed by atoms with Crippen molar-refractivity contribution in [3.63, 3.8) is 0 Å². The molecule has 1 spiro atoms. The number of rotatable bonds is 3. The topological polar surface area (TPSA) is 28.6 Å². The lowest BCUT2D eigenvalue weighted by molar-refractivity contribution is -0.000434. The second kappa shape index (κ2) is 6.26. The number of likely N-dealkylation sites (tertiary alicyclic amines) is 1. The molecule has 0 radical (unpaired) electrons. The van der Waals surface area contributed by atoms with E-state index in [2.05, 4.69) is 40.1 Å². The van der Waals surface area contributed by atoms with Gasteiger partial charge in [0.2, 0.25) is 0 Å². The van der Waals surface area contributed by atoms with E-state index in [0.29, 0.717) is 5.41 Å². The van der Waals surface area contributed by atoms with Crippen LogP contribution >= 0.6 is 0 Å². The summed E-state index contributed by atoms with van der Waals surface area (Å²) in [6.07, 6.45) is 5.11. The van der Waals surface area contributed by atoms with Gasteiger partial charge in [-0.25, -0.2) is 4.98 Å². The highest BCUT2D eigenvalue weighted by molar-refractivity contribution is 5.81. The Labute approximate surface area is 149 Å². The minimum Gasteiger partial charge on any atom is -0.381 e. The Bertz CT molecular complexity index is 755. The van der Waals surface area contributed by atoms with Crippen molar-refractivity contribution in [3.05, 3.63) is 35.9 Å². The van der Waals surface area contributed by atoms with Gasteiger partial charge in [0.1, 0.15) is 5.82 Å². The minimum atomic E-state index is 0.495. The van der Waals surface area contributed by atoms with E-state index in [1.54, 1.807) is 0 Å². The fraction of sp³-hybridized carbons (Fsp3) is 0.571. The second-order valence-corrected chi connectivity index (χ2v) is 8.15. The van der Waals surface area contributed by atoms with Crippen molar-refractivity contribution >= 4 is 16.7 Å². The zero-order valence-corrected chi connectivity index (χ0v) is 14.9. The standard InChI is InChI=1S/C21H27N3O/c1-2-10-23(9-1)14-17-3-5-19-18(13-17)4-6-20(22-19)24-15-21(16-24)7-11-25-12-8-21/h3-6,13H,1-2,7-12,14-16H2. The van der Waals surface area contributed by atoms with Gasteiger partial charge in [-0.1, -0.05) is 6.07 Å². The molecule has 1 aromatic heterocycles. The van der Waals surface area contributed by atoms with Gasteiger partial charge in [-0.15, -0.1) is 0 Å². The minimum absolute atomic E-state index is 0.495. The van der Waals surface area contributed by atoms with Crippen molar-refractivity contribution in [1.29, 1.82) is 0 Å². The van der Waals surface area contributed by atoms with Gasteiger partial charge in [-0.2, -0.15) is 0 Å². The highest BCUT2D eigenvalue weighted by Gasteiger charge is 2.44. The van der Waals surface area contributed by atoms with Crippen LogP contribution in [0, 0.1) is 5.41 Å². The fourth-order valence-corrected chi connectivity index (χ4v) is 4.68. The predicted octanol–water partition coefficient (Wildman–Crippen LogP) is 3.45. The molecule has 0 amide bonds. The van der Waals surface area contributed by atoms with Crippen molar-refractivity contribution in [1.82, 2.24) is 9.88 Å². The molecule has 0 unspecified atom stereocenters. The summed E-state index contributed by atoms with van der Waals surface area (Å²) in [6, 6.07) is 11.2. The van der Waals surface area contributed by atoms with Gasteiger partial charge in [0, 0.05) is 43.6 Å². The molecule has 3 fully saturated rings. The van der Waals surface area contributed by atoms with Gasteiger partial charge in [-0.05, 0) is 68.6 Å². The van der Waals surface area contributed by atoms with Crippen LogP contribution in [-0.4, -0.2) is 49.3 Å². The number of pyridine rings is 1. The van der Waals surface area contributed by atoms with Gasteiger partial charge in [0.15, 0.2) is 0 Å². The lowest BCUT2D eigenvalue weighted by atomic mass is 9.73. The zero-order valence-electron chi connectivity index (χ0n) is 14.9. The van der Waals surface area contributed by atoms with Gasteiger partial charge in [-0.3, -0.25) is 4.90 Å². The van der Waals surface area contributed by atoms with Crippen LogP contribution in [0.1, 0.15) is 31.2 Å². The van der Waals surface area contributed by atoms with Crippen molar-refractivity contribution in [3.8, 4) is 0 Å². The van der Waals surface area contributed by atoms with E-state index in [9.17, 15) is 0 Å². The smallest absolute Gasteiger partial charge is 0.129 e. The second-order valence-electron chi connectivity index (χ2n) is 8.15. The number of fused-ring (bicyclic) bond motifs is 1. The van der Waals surface area contributed by atoms with Gasteiger partial charge >= 0.3 is 0 Å². The molecule has 4 nitrogen and oxygen atoms in total. The maximum Gasteiger partial charge on any atom is 0.129 e. The highest BCUT2D eigenvalue weighted by Crippen LogP contribution is 2.41. The predicted molar refractivity (Wildman–Crippen MR) is 101 cm³/mol. The lowest BCUT2D eigenvalue weighted by Gasteiger charge is -2.52. The van der Waals surface area contributed by atoms with E-state index in [4.69, 9.17) is 9.72 Å². The number of aromatic nitrogens is 1. The Kier molecular flexibility index (Phi) is 3.90. The molecule has 25 heavy (non-hydrogen) atoms. The Hall–Kier alpha value is -1.65. The summed E-state index contributed by atoms with van der Waals surface area (Å²) in [5.74, 6) is 1.14. The van der Waals surface area contributed by atoms with Gasteiger partial charge in [0.25, 0.3) is 0 Å². The molecular formula is C21H27N3O. The third kappa shape index (κ3) is 3.02. The van der Waals surface area contributed by atoms with E-state index in [0.717, 1.165) is 44.2 Å². The third-order valence-corrected chi connectivity index (χ3v) is 6.27. The van der Waals surface area contributed by atoms with Crippen LogP contribution in [0.2, 0.25) is 0 Å². The average Bonchev–Trinajstić information content (AvgIpc) is 3.13. The number of anilines is 1. The SMILES string of the molecule is c1cc2nc(N3CC4(CCOCC4)C3)ccc2cc1CN1CCCC1. The molecule has 2 aromatic rings. The van der Waals surface area contributed by atoms with E-state index >= 15 is 0 Å².